The second-order valence-electron chi connectivity index (χ2n) is 2.72. The van der Waals surface area contributed by atoms with Crippen molar-refractivity contribution < 1.29 is 4.74 Å². The maximum atomic E-state index is 5.56. The first-order valence-corrected chi connectivity index (χ1v) is 5.32. The Morgan fingerprint density at radius 2 is 2.55 bits per heavy atom. The molecule has 1 heterocycles. The zero-order valence-electron chi connectivity index (χ0n) is 6.68. The number of alkyl halides is 1. The van der Waals surface area contributed by atoms with Crippen LogP contribution in [0.2, 0.25) is 0 Å². The summed E-state index contributed by atoms with van der Waals surface area (Å²) in [5.74, 6) is 1.83. The number of halogens is 1. The van der Waals surface area contributed by atoms with E-state index in [0.29, 0.717) is 0 Å². The molecule has 11 heavy (non-hydrogen) atoms. The monoisotopic (exact) mass is 192 g/mol. The van der Waals surface area contributed by atoms with Gasteiger partial charge in [0.05, 0.1) is 6.26 Å². The largest absolute Gasteiger partial charge is 0.485 e. The molecule has 1 aliphatic rings. The van der Waals surface area contributed by atoms with Crippen molar-refractivity contribution >= 4 is 23.4 Å². The summed E-state index contributed by atoms with van der Waals surface area (Å²) in [5.41, 5.74) is 0. The first-order valence-electron chi connectivity index (χ1n) is 3.80. The highest BCUT2D eigenvalue weighted by molar-refractivity contribution is 8.00. The van der Waals surface area contributed by atoms with Gasteiger partial charge in [0, 0.05) is 12.3 Å². The van der Waals surface area contributed by atoms with Crippen LogP contribution in [0.5, 0.6) is 0 Å². The van der Waals surface area contributed by atoms with Crippen molar-refractivity contribution in [1.82, 2.24) is 0 Å². The third kappa shape index (κ3) is 2.96. The van der Waals surface area contributed by atoms with Crippen LogP contribution in [0.1, 0.15) is 19.8 Å². The molecule has 1 nitrogen and oxygen atoms in total. The third-order valence-electron chi connectivity index (χ3n) is 1.59. The van der Waals surface area contributed by atoms with Gasteiger partial charge in [0.25, 0.3) is 0 Å². The molecule has 1 rings (SSSR count). The van der Waals surface area contributed by atoms with Gasteiger partial charge in [-0.15, -0.1) is 23.4 Å². The van der Waals surface area contributed by atoms with Crippen molar-refractivity contribution in [1.29, 1.82) is 0 Å². The molecule has 0 saturated heterocycles. The number of ether oxygens (including phenoxy) is 1. The number of hydrogen-bond donors (Lipinski definition) is 0. The fourth-order valence-electron chi connectivity index (χ4n) is 0.938. The van der Waals surface area contributed by atoms with Crippen LogP contribution in [0.4, 0.5) is 0 Å². The van der Waals surface area contributed by atoms with Crippen LogP contribution in [-0.4, -0.2) is 16.6 Å². The summed E-state index contributed by atoms with van der Waals surface area (Å²) >= 11 is 7.40. The zero-order valence-corrected chi connectivity index (χ0v) is 8.25. The molecule has 0 saturated carbocycles. The summed E-state index contributed by atoms with van der Waals surface area (Å²) in [7, 11) is 0. The van der Waals surface area contributed by atoms with E-state index in [9.17, 15) is 0 Å². The van der Waals surface area contributed by atoms with Gasteiger partial charge in [-0.25, -0.2) is 0 Å². The van der Waals surface area contributed by atoms with E-state index >= 15 is 0 Å². The van der Waals surface area contributed by atoms with Crippen LogP contribution in [0.25, 0.3) is 0 Å². The predicted molar refractivity (Wildman–Crippen MR) is 51.0 cm³/mol. The van der Waals surface area contributed by atoms with E-state index in [1.807, 2.05) is 11.8 Å². The average Bonchev–Trinajstić information content (AvgIpc) is 2.38. The van der Waals surface area contributed by atoms with Crippen molar-refractivity contribution in [3.8, 4) is 0 Å². The molecule has 3 heteroatoms. The molecule has 0 bridgehead atoms. The van der Waals surface area contributed by atoms with Gasteiger partial charge in [-0.2, -0.15) is 0 Å². The Kier molecular flexibility index (Phi) is 3.60. The van der Waals surface area contributed by atoms with Crippen LogP contribution >= 0.6 is 23.4 Å². The zero-order chi connectivity index (χ0) is 8.16. The minimum atomic E-state index is -0.00788. The molecule has 1 unspecified atom stereocenters. The molecule has 0 aromatic rings. The molecule has 0 amide bonds. The smallest absolute Gasteiger partial charge is 0.154 e. The molecule has 1 atom stereocenters. The van der Waals surface area contributed by atoms with Crippen LogP contribution in [0, 0.1) is 0 Å². The molecule has 0 aromatic heterocycles. The van der Waals surface area contributed by atoms with Crippen molar-refractivity contribution in [2.45, 2.75) is 24.7 Å². The quantitative estimate of drug-likeness (QED) is 0.500. The van der Waals surface area contributed by atoms with Gasteiger partial charge in [0.2, 0.25) is 0 Å². The minimum Gasteiger partial charge on any atom is -0.485 e. The lowest BCUT2D eigenvalue weighted by molar-refractivity contribution is 0.155. The van der Waals surface area contributed by atoms with Crippen molar-refractivity contribution in [2.24, 2.45) is 0 Å². The fourth-order valence-corrected chi connectivity index (χ4v) is 2.29. The van der Waals surface area contributed by atoms with E-state index in [0.717, 1.165) is 24.5 Å². The molecule has 0 spiro atoms. The van der Waals surface area contributed by atoms with Crippen LogP contribution < -0.4 is 0 Å². The molecule has 0 aromatic carbocycles. The number of rotatable bonds is 4. The Morgan fingerprint density at radius 3 is 3.09 bits per heavy atom. The van der Waals surface area contributed by atoms with Crippen molar-refractivity contribution in [2.75, 3.05) is 11.6 Å². The molecular formula is C8H13ClOS. The first-order chi connectivity index (χ1) is 5.27. The Hall–Kier alpha value is 0.180. The van der Waals surface area contributed by atoms with Gasteiger partial charge >= 0.3 is 0 Å². The van der Waals surface area contributed by atoms with Crippen molar-refractivity contribution in [3.63, 3.8) is 0 Å². The van der Waals surface area contributed by atoms with Gasteiger partial charge in [-0.05, 0) is 25.2 Å². The standard InChI is InChI=1S/C8H13ClOS/c1-8(4-2-6-10-8)11-7-3-5-9/h2,6H,3-5,7H2,1H3. The summed E-state index contributed by atoms with van der Waals surface area (Å²) in [6.07, 6.45) is 5.92. The minimum absolute atomic E-state index is 0.00788. The van der Waals surface area contributed by atoms with E-state index < -0.39 is 0 Å². The second kappa shape index (κ2) is 4.27. The topological polar surface area (TPSA) is 9.23 Å². The van der Waals surface area contributed by atoms with Crippen molar-refractivity contribution in [3.05, 3.63) is 12.3 Å². The molecule has 1 aliphatic heterocycles. The predicted octanol–water partition coefficient (Wildman–Crippen LogP) is 3.00. The van der Waals surface area contributed by atoms with E-state index in [4.69, 9.17) is 16.3 Å². The highest BCUT2D eigenvalue weighted by Crippen LogP contribution is 2.34. The Labute approximate surface area is 77.1 Å². The molecule has 64 valence electrons. The lowest BCUT2D eigenvalue weighted by Crippen LogP contribution is -2.18. The Balaban J connectivity index is 2.14. The maximum Gasteiger partial charge on any atom is 0.154 e. The van der Waals surface area contributed by atoms with E-state index in [2.05, 4.69) is 13.0 Å². The second-order valence-corrected chi connectivity index (χ2v) is 4.66. The SMILES string of the molecule is CC1(SCCCCl)CC=CO1. The van der Waals surface area contributed by atoms with Crippen LogP contribution in [0.15, 0.2) is 12.3 Å². The molecule has 0 fully saturated rings. The maximum absolute atomic E-state index is 5.56. The van der Waals surface area contributed by atoms with Gasteiger partial charge in [-0.1, -0.05) is 0 Å². The highest BCUT2D eigenvalue weighted by Gasteiger charge is 2.26. The van der Waals surface area contributed by atoms with E-state index in [1.54, 1.807) is 6.26 Å². The normalized spacial score (nSPS) is 28.9. The summed E-state index contributed by atoms with van der Waals surface area (Å²) in [5, 5.41) is 0. The van der Waals surface area contributed by atoms with Crippen LogP contribution in [0.3, 0.4) is 0 Å². The summed E-state index contributed by atoms with van der Waals surface area (Å²) in [6, 6.07) is 0. The lowest BCUT2D eigenvalue weighted by Gasteiger charge is -2.22. The lowest BCUT2D eigenvalue weighted by atomic mass is 10.3. The highest BCUT2D eigenvalue weighted by atomic mass is 35.5. The fraction of sp³-hybridized carbons (Fsp3) is 0.750. The first kappa shape index (κ1) is 9.27. The summed E-state index contributed by atoms with van der Waals surface area (Å²) in [4.78, 5) is -0.00788. The van der Waals surface area contributed by atoms with Crippen LogP contribution in [-0.2, 0) is 4.74 Å². The Morgan fingerprint density at radius 1 is 1.73 bits per heavy atom. The molecule has 0 aliphatic carbocycles. The van der Waals surface area contributed by atoms with Gasteiger partial charge in [-0.3, -0.25) is 0 Å². The number of hydrogen-bond acceptors (Lipinski definition) is 2. The Bertz CT molecular complexity index is 139. The van der Waals surface area contributed by atoms with Gasteiger partial charge in [0.1, 0.15) is 0 Å². The average molecular weight is 193 g/mol. The molecule has 0 radical (unpaired) electrons. The number of thioether (sulfide) groups is 1. The molecule has 0 N–H and O–H groups in total. The van der Waals surface area contributed by atoms with Gasteiger partial charge < -0.3 is 4.74 Å². The van der Waals surface area contributed by atoms with E-state index in [1.165, 1.54) is 0 Å². The summed E-state index contributed by atoms with van der Waals surface area (Å²) < 4.78 is 5.43. The molecular weight excluding hydrogens is 180 g/mol. The summed E-state index contributed by atoms with van der Waals surface area (Å²) in [6.45, 7) is 2.12. The third-order valence-corrected chi connectivity index (χ3v) is 3.22. The van der Waals surface area contributed by atoms with Gasteiger partial charge in [0.15, 0.2) is 4.93 Å². The van der Waals surface area contributed by atoms with E-state index in [-0.39, 0.29) is 4.93 Å².